The number of nitrogens with one attached hydrogen (secondary N) is 1. The first-order valence-electron chi connectivity index (χ1n) is 6.37. The van der Waals surface area contributed by atoms with Crippen molar-refractivity contribution in [2.75, 3.05) is 6.79 Å². The van der Waals surface area contributed by atoms with Crippen LogP contribution in [0.5, 0.6) is 11.5 Å². The van der Waals surface area contributed by atoms with Crippen molar-refractivity contribution in [2.24, 2.45) is 0 Å². The Hall–Kier alpha value is -2.41. The molecular weight excluding hydrogens is 290 g/mol. The summed E-state index contributed by atoms with van der Waals surface area (Å²) < 4.78 is 16.2. The highest BCUT2D eigenvalue weighted by Gasteiger charge is 2.14. The van der Waals surface area contributed by atoms with E-state index in [0.717, 1.165) is 28.5 Å². The van der Waals surface area contributed by atoms with E-state index in [-0.39, 0.29) is 6.79 Å². The Morgan fingerprint density at radius 3 is 3.00 bits per heavy atom. The number of rotatable bonds is 4. The summed E-state index contributed by atoms with van der Waals surface area (Å²) in [7, 11) is 0. The van der Waals surface area contributed by atoms with Gasteiger partial charge in [0, 0.05) is 11.9 Å². The number of hydrogen-bond donors (Lipinski definition) is 1. The number of H-pyrrole nitrogens is 1. The molecule has 1 N–H and O–H groups in total. The molecular formula is C14H11N3O3S. The molecule has 6 nitrogen and oxygen atoms in total. The maximum atomic E-state index is 5.60. The first-order chi connectivity index (χ1) is 10.4. The van der Waals surface area contributed by atoms with Crippen LogP contribution in [-0.2, 0) is 5.75 Å². The molecule has 0 amide bonds. The lowest BCUT2D eigenvalue weighted by atomic mass is 10.2. The minimum atomic E-state index is 0.287. The minimum Gasteiger partial charge on any atom is -0.454 e. The summed E-state index contributed by atoms with van der Waals surface area (Å²) in [4.78, 5) is 3.03. The molecule has 0 bridgehead atoms. The number of hydrogen-bond acceptors (Lipinski definition) is 6. The van der Waals surface area contributed by atoms with E-state index in [1.807, 2.05) is 36.5 Å². The van der Waals surface area contributed by atoms with Crippen molar-refractivity contribution in [2.45, 2.75) is 11.0 Å². The zero-order valence-electron chi connectivity index (χ0n) is 10.9. The quantitative estimate of drug-likeness (QED) is 0.747. The monoisotopic (exact) mass is 301 g/mol. The van der Waals surface area contributed by atoms with E-state index < -0.39 is 0 Å². The maximum Gasteiger partial charge on any atom is 0.277 e. The number of aromatic nitrogens is 3. The molecule has 1 aromatic carbocycles. The van der Waals surface area contributed by atoms with E-state index >= 15 is 0 Å². The third-order valence-electron chi connectivity index (χ3n) is 3.03. The highest BCUT2D eigenvalue weighted by Crippen LogP contribution is 2.34. The Labute approximate surface area is 124 Å². The molecule has 0 atom stereocenters. The highest BCUT2D eigenvalue weighted by molar-refractivity contribution is 7.98. The molecule has 1 aliphatic rings. The van der Waals surface area contributed by atoms with E-state index in [1.165, 1.54) is 11.8 Å². The summed E-state index contributed by atoms with van der Waals surface area (Å²) in [6.45, 7) is 0.287. The smallest absolute Gasteiger partial charge is 0.277 e. The second-order valence-electron chi connectivity index (χ2n) is 4.43. The van der Waals surface area contributed by atoms with Gasteiger partial charge in [-0.25, -0.2) is 0 Å². The van der Waals surface area contributed by atoms with E-state index in [9.17, 15) is 0 Å². The van der Waals surface area contributed by atoms with Crippen molar-refractivity contribution in [3.8, 4) is 23.1 Å². The number of aromatic amines is 1. The molecule has 0 radical (unpaired) electrons. The van der Waals surface area contributed by atoms with E-state index in [1.54, 1.807) is 0 Å². The first kappa shape index (κ1) is 12.3. The molecule has 4 rings (SSSR count). The fourth-order valence-electron chi connectivity index (χ4n) is 2.02. The highest BCUT2D eigenvalue weighted by atomic mass is 32.2. The van der Waals surface area contributed by atoms with Crippen molar-refractivity contribution >= 4 is 11.8 Å². The Balaban J connectivity index is 1.45. The van der Waals surface area contributed by atoms with Gasteiger partial charge in [0.1, 0.15) is 5.69 Å². The lowest BCUT2D eigenvalue weighted by Crippen LogP contribution is -1.92. The van der Waals surface area contributed by atoms with Crippen LogP contribution in [0.3, 0.4) is 0 Å². The van der Waals surface area contributed by atoms with E-state index in [0.29, 0.717) is 11.1 Å². The predicted octanol–water partition coefficient (Wildman–Crippen LogP) is 3.09. The second kappa shape index (κ2) is 5.17. The van der Waals surface area contributed by atoms with Gasteiger partial charge in [-0.1, -0.05) is 17.8 Å². The zero-order chi connectivity index (χ0) is 14.1. The van der Waals surface area contributed by atoms with Crippen molar-refractivity contribution in [3.05, 3.63) is 42.1 Å². The van der Waals surface area contributed by atoms with Crippen LogP contribution in [-0.4, -0.2) is 22.0 Å². The molecule has 7 heteroatoms. The van der Waals surface area contributed by atoms with Gasteiger partial charge in [0.25, 0.3) is 11.1 Å². The van der Waals surface area contributed by atoms with Crippen molar-refractivity contribution in [3.63, 3.8) is 0 Å². The Kier molecular flexibility index (Phi) is 3.04. The van der Waals surface area contributed by atoms with Gasteiger partial charge in [-0.3, -0.25) is 0 Å². The topological polar surface area (TPSA) is 73.2 Å². The summed E-state index contributed by atoms with van der Waals surface area (Å²) in [5.74, 6) is 2.79. The van der Waals surface area contributed by atoms with Crippen molar-refractivity contribution in [1.82, 2.24) is 15.2 Å². The second-order valence-corrected chi connectivity index (χ2v) is 5.36. The first-order valence-corrected chi connectivity index (χ1v) is 7.36. The molecule has 2 aromatic heterocycles. The van der Waals surface area contributed by atoms with Crippen LogP contribution < -0.4 is 9.47 Å². The number of fused-ring (bicyclic) bond motifs is 1. The van der Waals surface area contributed by atoms with Crippen LogP contribution in [0.4, 0.5) is 0 Å². The average molecular weight is 301 g/mol. The molecule has 0 fully saturated rings. The van der Waals surface area contributed by atoms with Crippen LogP contribution in [0.2, 0.25) is 0 Å². The van der Waals surface area contributed by atoms with E-state index in [4.69, 9.17) is 13.9 Å². The average Bonchev–Trinajstić information content (AvgIpc) is 3.24. The summed E-state index contributed by atoms with van der Waals surface area (Å²) >= 11 is 1.49. The predicted molar refractivity (Wildman–Crippen MR) is 76.2 cm³/mol. The number of ether oxygens (including phenoxy) is 2. The molecule has 3 aromatic rings. The molecule has 0 aliphatic carbocycles. The van der Waals surface area contributed by atoms with Crippen molar-refractivity contribution < 1.29 is 13.9 Å². The Morgan fingerprint density at radius 2 is 2.10 bits per heavy atom. The van der Waals surface area contributed by atoms with Crippen LogP contribution >= 0.6 is 11.8 Å². The lowest BCUT2D eigenvalue weighted by molar-refractivity contribution is 0.174. The van der Waals surface area contributed by atoms with Gasteiger partial charge in [0.05, 0.1) is 0 Å². The van der Waals surface area contributed by atoms with Crippen LogP contribution in [0, 0.1) is 0 Å². The molecule has 0 saturated carbocycles. The van der Waals surface area contributed by atoms with Crippen LogP contribution in [0.1, 0.15) is 5.56 Å². The molecule has 3 heterocycles. The summed E-state index contributed by atoms with van der Waals surface area (Å²) in [6.07, 6.45) is 1.82. The van der Waals surface area contributed by atoms with Crippen molar-refractivity contribution in [1.29, 1.82) is 0 Å². The summed E-state index contributed by atoms with van der Waals surface area (Å²) in [5, 5.41) is 8.58. The lowest BCUT2D eigenvalue weighted by Gasteiger charge is -2.00. The Bertz CT molecular complexity index is 755. The van der Waals surface area contributed by atoms with E-state index in [2.05, 4.69) is 15.2 Å². The summed E-state index contributed by atoms with van der Waals surface area (Å²) in [6, 6.07) is 9.66. The molecule has 106 valence electrons. The number of benzene rings is 1. The molecule has 21 heavy (non-hydrogen) atoms. The maximum absolute atomic E-state index is 5.60. The standard InChI is InChI=1S/C14H11N3O3S/c1-2-10(15-5-1)13-16-17-14(20-13)21-7-9-3-4-11-12(6-9)19-8-18-11/h1-6,15H,7-8H2. The van der Waals surface area contributed by atoms with Gasteiger partial charge in [-0.05, 0) is 29.8 Å². The minimum absolute atomic E-state index is 0.287. The fraction of sp³-hybridized carbons (Fsp3) is 0.143. The third-order valence-corrected chi connectivity index (χ3v) is 3.92. The Morgan fingerprint density at radius 1 is 1.14 bits per heavy atom. The van der Waals surface area contributed by atoms with Gasteiger partial charge in [0.2, 0.25) is 6.79 Å². The van der Waals surface area contributed by atoms with Gasteiger partial charge in [-0.2, -0.15) is 0 Å². The SMILES string of the molecule is c1c[nH]c(-c2nnc(SCc3ccc4c(c3)OCO4)o2)c1. The fourth-order valence-corrected chi connectivity index (χ4v) is 2.72. The normalized spacial score (nSPS) is 12.8. The number of thioether (sulfide) groups is 1. The molecule has 0 unspecified atom stereocenters. The van der Waals surface area contributed by atoms with Crippen LogP contribution in [0.25, 0.3) is 11.6 Å². The van der Waals surface area contributed by atoms with Gasteiger partial charge in [-0.15, -0.1) is 10.2 Å². The zero-order valence-corrected chi connectivity index (χ0v) is 11.7. The van der Waals surface area contributed by atoms with Gasteiger partial charge < -0.3 is 18.9 Å². The van der Waals surface area contributed by atoms with Crippen LogP contribution in [0.15, 0.2) is 46.2 Å². The molecule has 0 saturated heterocycles. The van der Waals surface area contributed by atoms with Gasteiger partial charge >= 0.3 is 0 Å². The third kappa shape index (κ3) is 2.47. The van der Waals surface area contributed by atoms with Gasteiger partial charge in [0.15, 0.2) is 11.5 Å². The molecule has 1 aliphatic heterocycles. The number of nitrogens with zero attached hydrogens (tertiary/aromatic N) is 2. The largest absolute Gasteiger partial charge is 0.454 e. The molecule has 0 spiro atoms. The summed E-state index contributed by atoms with van der Waals surface area (Å²) in [5.41, 5.74) is 1.93.